The summed E-state index contributed by atoms with van der Waals surface area (Å²) in [6.07, 6.45) is 28.5. The molecule has 1 aromatic carbocycles. The van der Waals surface area contributed by atoms with Crippen LogP contribution in [0, 0.1) is 0 Å². The fourth-order valence-electron chi connectivity index (χ4n) is 4.40. The van der Waals surface area contributed by atoms with Crippen LogP contribution in [0.3, 0.4) is 0 Å². The molecule has 0 spiro atoms. The van der Waals surface area contributed by atoms with E-state index in [1.165, 1.54) is 150 Å². The van der Waals surface area contributed by atoms with E-state index in [9.17, 15) is 5.11 Å². The Morgan fingerprint density at radius 3 is 1.18 bits per heavy atom. The smallest absolute Gasteiger partial charge is 0.130 e. The van der Waals surface area contributed by atoms with Crippen molar-refractivity contribution in [1.82, 2.24) is 0 Å². The second-order valence-corrected chi connectivity index (χ2v) is 14.2. The molecule has 0 heterocycles. The normalized spacial score (nSPS) is 12.4. The summed E-state index contributed by atoms with van der Waals surface area (Å²) in [5, 5.41) is 15.1. The van der Waals surface area contributed by atoms with Crippen LogP contribution in [0.25, 0.3) is 0 Å². The first-order chi connectivity index (χ1) is 16.7. The Bertz CT molecular complexity index is 551. The van der Waals surface area contributed by atoms with E-state index in [0.717, 1.165) is 25.7 Å². The van der Waals surface area contributed by atoms with Crippen LogP contribution in [0.1, 0.15) is 136 Å². The fourth-order valence-corrected chi connectivity index (χ4v) is 8.53. The molecule has 0 fully saturated rings. The molecule has 1 nitrogen and oxygen atoms in total. The molecule has 1 rings (SSSR count). The minimum Gasteiger partial charge on any atom is -0.507 e. The lowest BCUT2D eigenvalue weighted by Gasteiger charge is -2.14. The first-order valence-electron chi connectivity index (χ1n) is 14.8. The van der Waals surface area contributed by atoms with Crippen LogP contribution >= 0.6 is 25.7 Å². The van der Waals surface area contributed by atoms with Gasteiger partial charge in [-0.3, -0.25) is 0 Å². The number of phenolic OH excluding ortho intramolecular Hbond substituents is 1. The van der Waals surface area contributed by atoms with Crippen LogP contribution < -0.4 is 15.9 Å². The summed E-state index contributed by atoms with van der Waals surface area (Å²) >= 11 is 0. The molecule has 0 aromatic heterocycles. The maximum Gasteiger partial charge on any atom is 0.130 e. The van der Waals surface area contributed by atoms with Gasteiger partial charge in [0, 0.05) is 10.6 Å². The van der Waals surface area contributed by atoms with E-state index in [1.54, 1.807) is 0 Å². The van der Waals surface area contributed by atoms with Crippen LogP contribution in [0.4, 0.5) is 0 Å². The minimum atomic E-state index is 0.654. The van der Waals surface area contributed by atoms with Gasteiger partial charge in [0.05, 0.1) is 0 Å². The first-order valence-corrected chi connectivity index (χ1v) is 18.4. The molecule has 198 valence electrons. The van der Waals surface area contributed by atoms with Crippen molar-refractivity contribution in [2.24, 2.45) is 0 Å². The molecule has 1 N–H and O–H groups in total. The topological polar surface area (TPSA) is 20.2 Å². The molecule has 0 saturated heterocycles. The largest absolute Gasteiger partial charge is 0.507 e. The van der Waals surface area contributed by atoms with Gasteiger partial charge in [0.25, 0.3) is 0 Å². The van der Waals surface area contributed by atoms with Gasteiger partial charge in [0.15, 0.2) is 0 Å². The van der Waals surface area contributed by atoms with E-state index in [0.29, 0.717) is 5.75 Å². The van der Waals surface area contributed by atoms with Crippen molar-refractivity contribution in [1.29, 1.82) is 0 Å². The molecular weight excluding hydrogens is 469 g/mol. The fraction of sp³-hybridized carbons (Fsp3) is 0.800. The maximum atomic E-state index is 11.1. The van der Waals surface area contributed by atoms with Crippen molar-refractivity contribution in [3.63, 3.8) is 0 Å². The monoisotopic (exact) mass is 526 g/mol. The number of rotatable bonds is 24. The molecule has 3 unspecified atom stereocenters. The molecule has 3 atom stereocenters. The summed E-state index contributed by atoms with van der Waals surface area (Å²) in [6.45, 7) is 6.87. The molecule has 0 radical (unpaired) electrons. The molecule has 0 aliphatic carbocycles. The van der Waals surface area contributed by atoms with Gasteiger partial charge in [-0.25, -0.2) is 0 Å². The summed E-state index contributed by atoms with van der Waals surface area (Å²) < 4.78 is 0. The second kappa shape index (κ2) is 23.7. The molecule has 34 heavy (non-hydrogen) atoms. The van der Waals surface area contributed by atoms with Gasteiger partial charge in [0.1, 0.15) is 5.75 Å². The van der Waals surface area contributed by atoms with Crippen molar-refractivity contribution in [2.45, 2.75) is 136 Å². The van der Waals surface area contributed by atoms with Crippen LogP contribution in [-0.4, -0.2) is 23.6 Å². The number of benzene rings is 1. The molecule has 0 amide bonds. The van der Waals surface area contributed by atoms with Gasteiger partial charge in [-0.05, 0) is 55.2 Å². The zero-order chi connectivity index (χ0) is 24.7. The Morgan fingerprint density at radius 2 is 0.794 bits per heavy atom. The standard InChI is InChI=1S/C30H57OP3/c1-4-7-10-13-16-19-22-32-27-25-28(33-23-20-17-14-11-8-5-2)30(31)29(26-27)34-24-21-18-15-12-9-6-3/h25-26,31-34H,4-24H2,1-3H3. The quantitative estimate of drug-likeness (QED) is 0.105. The lowest BCUT2D eigenvalue weighted by Crippen LogP contribution is -2.16. The Balaban J connectivity index is 2.55. The van der Waals surface area contributed by atoms with Crippen molar-refractivity contribution in [3.05, 3.63) is 12.1 Å². The van der Waals surface area contributed by atoms with Gasteiger partial charge in [-0.15, -0.1) is 0 Å². The zero-order valence-corrected chi connectivity index (χ0v) is 26.0. The van der Waals surface area contributed by atoms with Gasteiger partial charge in [-0.1, -0.05) is 143 Å². The highest BCUT2D eigenvalue weighted by Gasteiger charge is 2.11. The Morgan fingerprint density at radius 1 is 0.471 bits per heavy atom. The summed E-state index contributed by atoms with van der Waals surface area (Å²) in [7, 11) is 2.47. The van der Waals surface area contributed by atoms with Crippen LogP contribution in [-0.2, 0) is 0 Å². The second-order valence-electron chi connectivity index (χ2n) is 10.0. The maximum absolute atomic E-state index is 11.1. The van der Waals surface area contributed by atoms with Crippen LogP contribution in [0.2, 0.25) is 0 Å². The van der Waals surface area contributed by atoms with E-state index in [2.05, 4.69) is 32.9 Å². The molecule has 1 aromatic rings. The lowest BCUT2D eigenvalue weighted by molar-refractivity contribution is 0.484. The number of hydrogen-bond acceptors (Lipinski definition) is 1. The van der Waals surface area contributed by atoms with E-state index in [1.807, 2.05) is 0 Å². The van der Waals surface area contributed by atoms with E-state index in [-0.39, 0.29) is 0 Å². The van der Waals surface area contributed by atoms with Crippen LogP contribution in [0.5, 0.6) is 5.75 Å². The average Bonchev–Trinajstić information content (AvgIpc) is 2.84. The van der Waals surface area contributed by atoms with Crippen molar-refractivity contribution >= 4 is 41.7 Å². The summed E-state index contributed by atoms with van der Waals surface area (Å²) in [4.78, 5) is 0. The zero-order valence-electron chi connectivity index (χ0n) is 23.0. The predicted octanol–water partition coefficient (Wildman–Crippen LogP) is 9.39. The van der Waals surface area contributed by atoms with Crippen molar-refractivity contribution in [3.8, 4) is 5.75 Å². The minimum absolute atomic E-state index is 0.654. The van der Waals surface area contributed by atoms with E-state index >= 15 is 0 Å². The lowest BCUT2D eigenvalue weighted by atomic mass is 10.1. The number of phenols is 1. The van der Waals surface area contributed by atoms with Gasteiger partial charge < -0.3 is 5.11 Å². The SMILES string of the molecule is CCCCCCCCPc1cc(PCCCCCCCC)c(O)c(PCCCCCCCC)c1. The third kappa shape index (κ3) is 16.9. The van der Waals surface area contributed by atoms with Crippen molar-refractivity contribution < 1.29 is 5.11 Å². The highest BCUT2D eigenvalue weighted by molar-refractivity contribution is 7.51. The number of aromatic hydroxyl groups is 1. The summed E-state index contributed by atoms with van der Waals surface area (Å²) in [5.41, 5.74) is 0. The molecule has 0 bridgehead atoms. The van der Waals surface area contributed by atoms with E-state index < -0.39 is 0 Å². The molecule has 4 heteroatoms. The number of hydrogen-bond donors (Lipinski definition) is 1. The number of unbranched alkanes of at least 4 members (excludes halogenated alkanes) is 15. The Hall–Kier alpha value is 0.310. The van der Waals surface area contributed by atoms with Gasteiger partial charge in [0.2, 0.25) is 0 Å². The average molecular weight is 527 g/mol. The predicted molar refractivity (Wildman–Crippen MR) is 167 cm³/mol. The molecular formula is C30H57OP3. The van der Waals surface area contributed by atoms with Gasteiger partial charge >= 0.3 is 0 Å². The van der Waals surface area contributed by atoms with Gasteiger partial charge in [-0.2, -0.15) is 0 Å². The molecule has 0 aliphatic heterocycles. The van der Waals surface area contributed by atoms with E-state index in [4.69, 9.17) is 0 Å². The molecule has 0 aliphatic rings. The third-order valence-electron chi connectivity index (χ3n) is 6.66. The third-order valence-corrected chi connectivity index (χ3v) is 10.7. The Labute approximate surface area is 219 Å². The first kappa shape index (κ1) is 32.3. The summed E-state index contributed by atoms with van der Waals surface area (Å²) in [6, 6.07) is 4.75. The summed E-state index contributed by atoms with van der Waals surface area (Å²) in [5.74, 6) is 0.654. The highest BCUT2D eigenvalue weighted by atomic mass is 31.1. The Kier molecular flexibility index (Phi) is 22.5. The van der Waals surface area contributed by atoms with Crippen molar-refractivity contribution in [2.75, 3.05) is 18.5 Å². The molecule has 0 saturated carbocycles. The highest BCUT2D eigenvalue weighted by Crippen LogP contribution is 2.27. The van der Waals surface area contributed by atoms with Crippen LogP contribution in [0.15, 0.2) is 12.1 Å².